The second kappa shape index (κ2) is 10.4. The van der Waals surface area contributed by atoms with Gasteiger partial charge >= 0.3 is 6.18 Å². The summed E-state index contributed by atoms with van der Waals surface area (Å²) in [7, 11) is 1.67. The summed E-state index contributed by atoms with van der Waals surface area (Å²) >= 11 is 0. The molecule has 1 aliphatic heterocycles. The van der Waals surface area contributed by atoms with E-state index in [-0.39, 0.29) is 11.7 Å². The summed E-state index contributed by atoms with van der Waals surface area (Å²) in [6, 6.07) is 9.89. The Balaban J connectivity index is 0.000000204. The summed E-state index contributed by atoms with van der Waals surface area (Å²) in [5.41, 5.74) is 1.26. The maximum Gasteiger partial charge on any atom is 0.433 e. The maximum absolute atomic E-state index is 12.6. The van der Waals surface area contributed by atoms with Gasteiger partial charge < -0.3 is 9.80 Å². The Kier molecular flexibility index (Phi) is 7.66. The van der Waals surface area contributed by atoms with Crippen LogP contribution in [-0.2, 0) is 17.4 Å². The predicted molar refractivity (Wildman–Crippen MR) is 115 cm³/mol. The third-order valence-electron chi connectivity index (χ3n) is 5.18. The SMILES string of the molecule is CCCc1cccc2ncnn12.CN(CCN1CCCC1=O)c1cccc(C(F)(F)F)n1. The number of alkyl halides is 3. The van der Waals surface area contributed by atoms with E-state index >= 15 is 0 Å². The number of rotatable bonds is 6. The number of hydrogen-bond donors (Lipinski definition) is 0. The fourth-order valence-corrected chi connectivity index (χ4v) is 3.47. The molecule has 0 bridgehead atoms. The smallest absolute Gasteiger partial charge is 0.358 e. The minimum atomic E-state index is -4.44. The van der Waals surface area contributed by atoms with Crippen LogP contribution in [-0.4, -0.2) is 57.1 Å². The zero-order chi connectivity index (χ0) is 23.1. The van der Waals surface area contributed by atoms with Crippen molar-refractivity contribution in [2.75, 3.05) is 31.6 Å². The van der Waals surface area contributed by atoms with Crippen molar-refractivity contribution >= 4 is 17.4 Å². The van der Waals surface area contributed by atoms with Crippen molar-refractivity contribution in [2.24, 2.45) is 0 Å². The van der Waals surface area contributed by atoms with E-state index in [0.29, 0.717) is 19.5 Å². The second-order valence-electron chi connectivity index (χ2n) is 7.58. The summed E-state index contributed by atoms with van der Waals surface area (Å²) < 4.78 is 39.6. The number of pyridine rings is 2. The highest BCUT2D eigenvalue weighted by molar-refractivity contribution is 5.78. The molecule has 7 nitrogen and oxygen atoms in total. The lowest BCUT2D eigenvalue weighted by atomic mass is 10.2. The van der Waals surface area contributed by atoms with Gasteiger partial charge in [0.1, 0.15) is 17.8 Å². The van der Waals surface area contributed by atoms with E-state index in [1.807, 2.05) is 16.6 Å². The summed E-state index contributed by atoms with van der Waals surface area (Å²) in [4.78, 5) is 22.5. The molecule has 10 heteroatoms. The lowest BCUT2D eigenvalue weighted by Crippen LogP contribution is -2.34. The predicted octanol–water partition coefficient (Wildman–Crippen LogP) is 3.84. The van der Waals surface area contributed by atoms with Gasteiger partial charge in [-0.3, -0.25) is 4.79 Å². The number of amides is 1. The fourth-order valence-electron chi connectivity index (χ4n) is 3.47. The zero-order valence-electron chi connectivity index (χ0n) is 18.2. The Morgan fingerprint density at radius 3 is 2.62 bits per heavy atom. The molecule has 1 aliphatic rings. The first-order chi connectivity index (χ1) is 15.3. The minimum absolute atomic E-state index is 0.107. The van der Waals surface area contributed by atoms with E-state index in [9.17, 15) is 18.0 Å². The molecule has 1 saturated heterocycles. The molecule has 32 heavy (non-hydrogen) atoms. The van der Waals surface area contributed by atoms with Crippen molar-refractivity contribution < 1.29 is 18.0 Å². The van der Waals surface area contributed by atoms with Crippen molar-refractivity contribution in [1.29, 1.82) is 0 Å². The second-order valence-corrected chi connectivity index (χ2v) is 7.58. The number of likely N-dealkylation sites (N-methyl/N-ethyl adjacent to an activating group) is 1. The minimum Gasteiger partial charge on any atom is -0.358 e. The van der Waals surface area contributed by atoms with E-state index in [1.54, 1.807) is 23.2 Å². The number of aryl methyl sites for hydroxylation is 1. The molecular formula is C22H27F3N6O. The molecule has 4 rings (SSSR count). The van der Waals surface area contributed by atoms with Gasteiger partial charge in [0.15, 0.2) is 5.65 Å². The topological polar surface area (TPSA) is 66.6 Å². The van der Waals surface area contributed by atoms with Crippen molar-refractivity contribution in [3.63, 3.8) is 0 Å². The highest BCUT2D eigenvalue weighted by Gasteiger charge is 2.32. The van der Waals surface area contributed by atoms with Gasteiger partial charge in [-0.1, -0.05) is 25.5 Å². The molecule has 0 N–H and O–H groups in total. The van der Waals surface area contributed by atoms with Crippen LogP contribution in [0.4, 0.5) is 19.0 Å². The summed E-state index contributed by atoms with van der Waals surface area (Å²) in [5, 5.41) is 4.14. The van der Waals surface area contributed by atoms with E-state index < -0.39 is 11.9 Å². The van der Waals surface area contributed by atoms with Gasteiger partial charge in [0.25, 0.3) is 0 Å². The van der Waals surface area contributed by atoms with Crippen LogP contribution in [0.25, 0.3) is 5.65 Å². The summed E-state index contributed by atoms with van der Waals surface area (Å²) in [6.07, 6.45) is 0.756. The molecule has 1 amide bonds. The lowest BCUT2D eigenvalue weighted by Gasteiger charge is -2.23. The standard InChI is InChI=1S/C13H16F3N3O.C9H11N3/c1-18(8-9-19-7-3-6-12(19)20)11-5-2-4-10(17-11)13(14,15)16;1-2-4-8-5-3-6-9-10-7-11-12(8)9/h2,4-5H,3,6-9H2,1H3;3,5-7H,2,4H2,1H3. The van der Waals surface area contributed by atoms with Gasteiger partial charge in [0, 0.05) is 38.8 Å². The van der Waals surface area contributed by atoms with Gasteiger partial charge in [-0.2, -0.15) is 18.3 Å². The van der Waals surface area contributed by atoms with Crippen LogP contribution in [0.2, 0.25) is 0 Å². The molecule has 0 radical (unpaired) electrons. The Morgan fingerprint density at radius 1 is 1.16 bits per heavy atom. The molecule has 0 spiro atoms. The van der Waals surface area contributed by atoms with Gasteiger partial charge in [-0.15, -0.1) is 0 Å². The normalized spacial score (nSPS) is 13.9. The number of fused-ring (bicyclic) bond motifs is 1. The van der Waals surface area contributed by atoms with Crippen molar-refractivity contribution in [2.45, 2.75) is 38.8 Å². The first-order valence-corrected chi connectivity index (χ1v) is 10.6. The highest BCUT2D eigenvalue weighted by atomic mass is 19.4. The molecule has 0 aromatic carbocycles. The number of hydrogen-bond acceptors (Lipinski definition) is 5. The molecule has 172 valence electrons. The number of aromatic nitrogens is 4. The Hall–Kier alpha value is -3.17. The quantitative estimate of drug-likeness (QED) is 0.573. The monoisotopic (exact) mass is 448 g/mol. The van der Waals surface area contributed by atoms with Crippen molar-refractivity contribution in [3.05, 3.63) is 54.1 Å². The van der Waals surface area contributed by atoms with Crippen molar-refractivity contribution in [1.82, 2.24) is 24.5 Å². The third kappa shape index (κ3) is 5.95. The number of anilines is 1. The maximum atomic E-state index is 12.6. The molecule has 0 saturated carbocycles. The molecule has 0 atom stereocenters. The zero-order valence-corrected chi connectivity index (χ0v) is 18.2. The van der Waals surface area contributed by atoms with E-state index in [2.05, 4.69) is 28.1 Å². The van der Waals surface area contributed by atoms with Gasteiger partial charge in [-0.25, -0.2) is 14.5 Å². The highest BCUT2D eigenvalue weighted by Crippen LogP contribution is 2.28. The average Bonchev–Trinajstić information content (AvgIpc) is 3.41. The number of carbonyl (C=O) groups is 1. The number of nitrogens with zero attached hydrogens (tertiary/aromatic N) is 6. The molecule has 4 heterocycles. The van der Waals surface area contributed by atoms with E-state index in [0.717, 1.165) is 37.5 Å². The van der Waals surface area contributed by atoms with Crippen LogP contribution in [0.1, 0.15) is 37.6 Å². The van der Waals surface area contributed by atoms with Gasteiger partial charge in [0.05, 0.1) is 0 Å². The Labute approximate surface area is 184 Å². The number of likely N-dealkylation sites (tertiary alicyclic amines) is 1. The summed E-state index contributed by atoms with van der Waals surface area (Å²) in [6.45, 7) is 3.85. The van der Waals surface area contributed by atoms with E-state index in [4.69, 9.17) is 0 Å². The van der Waals surface area contributed by atoms with Crippen molar-refractivity contribution in [3.8, 4) is 0 Å². The first kappa shape index (κ1) is 23.5. The van der Waals surface area contributed by atoms with Crippen LogP contribution in [0.3, 0.4) is 0 Å². The van der Waals surface area contributed by atoms with Crippen LogP contribution in [0, 0.1) is 0 Å². The molecular weight excluding hydrogens is 421 g/mol. The summed E-state index contributed by atoms with van der Waals surface area (Å²) in [5.74, 6) is 0.363. The first-order valence-electron chi connectivity index (χ1n) is 10.6. The van der Waals surface area contributed by atoms with Crippen LogP contribution >= 0.6 is 0 Å². The fraction of sp³-hybridized carbons (Fsp3) is 0.455. The Bertz CT molecular complexity index is 1040. The van der Waals surface area contributed by atoms with Gasteiger partial charge in [-0.05, 0) is 37.1 Å². The molecule has 0 aliphatic carbocycles. The molecule has 3 aromatic rings. The van der Waals surface area contributed by atoms with Crippen LogP contribution in [0.15, 0.2) is 42.7 Å². The third-order valence-corrected chi connectivity index (χ3v) is 5.18. The lowest BCUT2D eigenvalue weighted by molar-refractivity contribution is -0.141. The van der Waals surface area contributed by atoms with Crippen LogP contribution in [0.5, 0.6) is 0 Å². The van der Waals surface area contributed by atoms with E-state index in [1.165, 1.54) is 17.8 Å². The Morgan fingerprint density at radius 2 is 1.94 bits per heavy atom. The van der Waals surface area contributed by atoms with Crippen LogP contribution < -0.4 is 4.90 Å². The number of carbonyl (C=O) groups excluding carboxylic acids is 1. The van der Waals surface area contributed by atoms with Gasteiger partial charge in [0.2, 0.25) is 5.91 Å². The molecule has 3 aromatic heterocycles. The number of halogens is 3. The molecule has 1 fully saturated rings. The average molecular weight is 448 g/mol. The molecule has 0 unspecified atom stereocenters. The largest absolute Gasteiger partial charge is 0.433 e.